The van der Waals surface area contributed by atoms with Crippen molar-refractivity contribution in [1.29, 1.82) is 0 Å². The van der Waals surface area contributed by atoms with Gasteiger partial charge in [0, 0.05) is 16.2 Å². The van der Waals surface area contributed by atoms with Gasteiger partial charge in [0.25, 0.3) is 10.0 Å². The van der Waals surface area contributed by atoms with Gasteiger partial charge in [0.15, 0.2) is 5.75 Å². The molecule has 22 heavy (non-hydrogen) atoms. The van der Waals surface area contributed by atoms with Crippen LogP contribution in [0.2, 0.25) is 0 Å². The maximum absolute atomic E-state index is 12.3. The van der Waals surface area contributed by atoms with Crippen LogP contribution in [0, 0.1) is 10.1 Å². The van der Waals surface area contributed by atoms with Crippen LogP contribution in [0.1, 0.15) is 0 Å². The molecule has 0 saturated carbocycles. The van der Waals surface area contributed by atoms with Gasteiger partial charge >= 0.3 is 5.69 Å². The molecule has 0 saturated heterocycles. The molecule has 0 bridgehead atoms. The number of hydrogen-bond acceptors (Lipinski definition) is 5. The molecule has 0 fully saturated rings. The van der Waals surface area contributed by atoms with Gasteiger partial charge in [-0.1, -0.05) is 15.9 Å². The summed E-state index contributed by atoms with van der Waals surface area (Å²) in [5.41, 5.74) is -0.0668. The van der Waals surface area contributed by atoms with Gasteiger partial charge in [-0.2, -0.15) is 0 Å². The molecule has 116 valence electrons. The van der Waals surface area contributed by atoms with E-state index in [4.69, 9.17) is 4.74 Å². The summed E-state index contributed by atoms with van der Waals surface area (Å²) in [7, 11) is -2.66. The molecule has 2 rings (SSSR count). The molecule has 0 aliphatic heterocycles. The first-order valence-electron chi connectivity index (χ1n) is 5.94. The van der Waals surface area contributed by atoms with E-state index in [1.165, 1.54) is 19.2 Å². The fourth-order valence-electron chi connectivity index (χ4n) is 1.71. The molecule has 7 nitrogen and oxygen atoms in total. The summed E-state index contributed by atoms with van der Waals surface area (Å²) in [6.45, 7) is 0. The lowest BCUT2D eigenvalue weighted by atomic mass is 10.3. The first kappa shape index (κ1) is 16.2. The summed E-state index contributed by atoms with van der Waals surface area (Å²) in [4.78, 5) is 10.0. The van der Waals surface area contributed by atoms with Gasteiger partial charge in [0.1, 0.15) is 0 Å². The summed E-state index contributed by atoms with van der Waals surface area (Å²) in [5.74, 6) is -0.00686. The van der Waals surface area contributed by atoms with Gasteiger partial charge in [-0.3, -0.25) is 14.8 Å². The lowest BCUT2D eigenvalue weighted by Gasteiger charge is -2.09. The normalized spacial score (nSPS) is 11.0. The fourth-order valence-corrected chi connectivity index (χ4v) is 3.05. The Morgan fingerprint density at radius 3 is 2.36 bits per heavy atom. The maximum Gasteiger partial charge on any atom is 0.312 e. The third-order valence-corrected chi connectivity index (χ3v) is 4.66. The van der Waals surface area contributed by atoms with Crippen LogP contribution in [0.15, 0.2) is 51.8 Å². The minimum absolute atomic E-state index is 0.00686. The Balaban J connectivity index is 2.39. The second kappa shape index (κ2) is 6.32. The zero-order valence-electron chi connectivity index (χ0n) is 11.3. The highest BCUT2D eigenvalue weighted by Crippen LogP contribution is 2.30. The molecule has 0 spiro atoms. The molecule has 0 heterocycles. The molecule has 1 N–H and O–H groups in total. The number of halogens is 1. The number of nitro groups is 1. The minimum Gasteiger partial charge on any atom is -0.490 e. The number of rotatable bonds is 5. The Bertz CT molecular complexity index is 806. The van der Waals surface area contributed by atoms with E-state index in [1.807, 2.05) is 0 Å². The molecule has 0 aromatic heterocycles. The van der Waals surface area contributed by atoms with Crippen LogP contribution in [0.4, 0.5) is 11.4 Å². The smallest absolute Gasteiger partial charge is 0.312 e. The van der Waals surface area contributed by atoms with Gasteiger partial charge in [-0.15, -0.1) is 0 Å². The Labute approximate surface area is 135 Å². The van der Waals surface area contributed by atoms with E-state index < -0.39 is 20.6 Å². The van der Waals surface area contributed by atoms with Crippen LogP contribution < -0.4 is 9.46 Å². The van der Waals surface area contributed by atoms with E-state index in [-0.39, 0.29) is 10.6 Å². The van der Waals surface area contributed by atoms with Crippen LogP contribution in [-0.4, -0.2) is 20.5 Å². The number of nitrogens with one attached hydrogen (secondary N) is 1. The third kappa shape index (κ3) is 3.55. The predicted molar refractivity (Wildman–Crippen MR) is 84.6 cm³/mol. The second-order valence-electron chi connectivity index (χ2n) is 4.20. The van der Waals surface area contributed by atoms with E-state index in [0.717, 1.165) is 10.5 Å². The van der Waals surface area contributed by atoms with Crippen molar-refractivity contribution in [1.82, 2.24) is 0 Å². The summed E-state index contributed by atoms with van der Waals surface area (Å²) >= 11 is 3.25. The topological polar surface area (TPSA) is 98.5 Å². The first-order valence-corrected chi connectivity index (χ1v) is 8.22. The number of nitrogens with zero attached hydrogens (tertiary/aromatic N) is 1. The molecule has 0 radical (unpaired) electrons. The molecule has 2 aromatic carbocycles. The van der Waals surface area contributed by atoms with Crippen LogP contribution in [0.25, 0.3) is 0 Å². The lowest BCUT2D eigenvalue weighted by molar-refractivity contribution is -0.386. The molecule has 0 amide bonds. The van der Waals surface area contributed by atoms with Gasteiger partial charge in [0.05, 0.1) is 16.9 Å². The SMILES string of the molecule is COc1ccc(S(=O)(=O)Nc2ccc(Br)cc2)cc1[N+](=O)[O-]. The fraction of sp³-hybridized carbons (Fsp3) is 0.0769. The summed E-state index contributed by atoms with van der Waals surface area (Å²) in [6, 6.07) is 9.93. The Hall–Kier alpha value is -2.13. The monoisotopic (exact) mass is 386 g/mol. The molecular weight excluding hydrogens is 376 g/mol. The summed E-state index contributed by atoms with van der Waals surface area (Å²) < 4.78 is 32.5. The number of benzene rings is 2. The highest BCUT2D eigenvalue weighted by Gasteiger charge is 2.22. The number of nitro benzene ring substituents is 1. The van der Waals surface area contributed by atoms with Gasteiger partial charge in [-0.05, 0) is 36.4 Å². The maximum atomic E-state index is 12.3. The van der Waals surface area contributed by atoms with Crippen LogP contribution in [-0.2, 0) is 10.0 Å². The van der Waals surface area contributed by atoms with Gasteiger partial charge in [0.2, 0.25) is 0 Å². The first-order chi connectivity index (χ1) is 10.3. The molecular formula is C13H11BrN2O5S. The van der Waals surface area contributed by atoms with Crippen LogP contribution in [0.5, 0.6) is 5.75 Å². The number of hydrogen-bond donors (Lipinski definition) is 1. The molecule has 0 unspecified atom stereocenters. The van der Waals surface area contributed by atoms with Gasteiger partial charge < -0.3 is 4.74 Å². The molecule has 9 heteroatoms. The van der Waals surface area contributed by atoms with Crippen molar-refractivity contribution in [2.24, 2.45) is 0 Å². The van der Waals surface area contributed by atoms with Crippen LogP contribution >= 0.6 is 15.9 Å². The van der Waals surface area contributed by atoms with E-state index in [1.54, 1.807) is 24.3 Å². The van der Waals surface area contributed by atoms with E-state index in [0.29, 0.717) is 5.69 Å². The number of anilines is 1. The van der Waals surface area contributed by atoms with Gasteiger partial charge in [-0.25, -0.2) is 8.42 Å². The zero-order valence-corrected chi connectivity index (χ0v) is 13.7. The van der Waals surface area contributed by atoms with Crippen molar-refractivity contribution in [3.8, 4) is 5.75 Å². The van der Waals surface area contributed by atoms with Crippen molar-refractivity contribution >= 4 is 37.3 Å². The van der Waals surface area contributed by atoms with E-state index >= 15 is 0 Å². The zero-order chi connectivity index (χ0) is 16.3. The van der Waals surface area contributed by atoms with Crippen molar-refractivity contribution in [3.63, 3.8) is 0 Å². The average Bonchev–Trinajstić information content (AvgIpc) is 2.48. The van der Waals surface area contributed by atoms with E-state index in [9.17, 15) is 18.5 Å². The standard InChI is InChI=1S/C13H11BrN2O5S/c1-21-13-7-6-11(8-12(13)16(17)18)22(19,20)15-10-4-2-9(14)3-5-10/h2-8,15H,1H3. The third-order valence-electron chi connectivity index (χ3n) is 2.75. The molecule has 0 aliphatic rings. The van der Waals surface area contributed by atoms with E-state index in [2.05, 4.69) is 20.7 Å². The Morgan fingerprint density at radius 1 is 1.18 bits per heavy atom. The largest absolute Gasteiger partial charge is 0.490 e. The predicted octanol–water partition coefficient (Wildman–Crippen LogP) is 3.17. The molecule has 0 atom stereocenters. The lowest BCUT2D eigenvalue weighted by Crippen LogP contribution is -2.13. The average molecular weight is 387 g/mol. The molecule has 2 aromatic rings. The number of sulfonamides is 1. The summed E-state index contributed by atoms with van der Waals surface area (Å²) in [6.07, 6.45) is 0. The number of methoxy groups -OCH3 is 1. The highest BCUT2D eigenvalue weighted by molar-refractivity contribution is 9.10. The minimum atomic E-state index is -3.93. The van der Waals surface area contributed by atoms with Crippen molar-refractivity contribution in [2.75, 3.05) is 11.8 Å². The number of ether oxygens (including phenoxy) is 1. The highest BCUT2D eigenvalue weighted by atomic mass is 79.9. The Morgan fingerprint density at radius 2 is 1.82 bits per heavy atom. The quantitative estimate of drug-likeness (QED) is 0.628. The van der Waals surface area contributed by atoms with Crippen molar-refractivity contribution < 1.29 is 18.1 Å². The second-order valence-corrected chi connectivity index (χ2v) is 6.80. The summed E-state index contributed by atoms with van der Waals surface area (Å²) in [5, 5.41) is 11.0. The Kier molecular flexibility index (Phi) is 4.67. The van der Waals surface area contributed by atoms with Crippen molar-refractivity contribution in [2.45, 2.75) is 4.90 Å². The van der Waals surface area contributed by atoms with Crippen molar-refractivity contribution in [3.05, 3.63) is 57.1 Å². The van der Waals surface area contributed by atoms with Crippen LogP contribution in [0.3, 0.4) is 0 Å². The molecule has 0 aliphatic carbocycles.